The minimum absolute atomic E-state index is 0.0739. The van der Waals surface area contributed by atoms with Gasteiger partial charge in [-0.3, -0.25) is 4.79 Å². The van der Waals surface area contributed by atoms with Gasteiger partial charge in [-0.15, -0.1) is 0 Å². The highest BCUT2D eigenvalue weighted by molar-refractivity contribution is 6.32. The first kappa shape index (κ1) is 22.7. The smallest absolute Gasteiger partial charge is 0.229 e. The van der Waals surface area contributed by atoms with Crippen molar-refractivity contribution in [2.75, 3.05) is 37.5 Å². The van der Waals surface area contributed by atoms with E-state index in [4.69, 9.17) is 26.1 Å². The summed E-state index contributed by atoms with van der Waals surface area (Å²) in [5, 5.41) is 3.41. The first-order valence-electron chi connectivity index (χ1n) is 11.8. The Hall–Kier alpha value is -3.07. The van der Waals surface area contributed by atoms with Crippen LogP contribution in [0.5, 0.6) is 11.5 Å². The van der Waals surface area contributed by atoms with E-state index in [0.717, 1.165) is 68.0 Å². The lowest BCUT2D eigenvalue weighted by atomic mass is 9.97. The molecule has 10 heteroatoms. The Morgan fingerprint density at radius 2 is 1.94 bits per heavy atom. The highest BCUT2D eigenvalue weighted by Gasteiger charge is 2.29. The average Bonchev–Trinajstić information content (AvgIpc) is 3.05. The maximum Gasteiger partial charge on any atom is 0.229 e. The fourth-order valence-electron chi connectivity index (χ4n) is 4.93. The van der Waals surface area contributed by atoms with Crippen LogP contribution in [0.3, 0.4) is 0 Å². The molecule has 1 N–H and O–H groups in total. The van der Waals surface area contributed by atoms with Gasteiger partial charge in [0.05, 0.1) is 30.8 Å². The highest BCUT2D eigenvalue weighted by atomic mass is 35.5. The lowest BCUT2D eigenvalue weighted by Gasteiger charge is -2.33. The molecule has 4 heterocycles. The normalized spacial score (nSPS) is 18.3. The minimum Gasteiger partial charge on any atom is -0.495 e. The zero-order valence-corrected chi connectivity index (χ0v) is 20.3. The lowest BCUT2D eigenvalue weighted by Crippen LogP contribution is -2.41. The van der Waals surface area contributed by atoms with Gasteiger partial charge in [0.15, 0.2) is 17.0 Å². The van der Waals surface area contributed by atoms with Crippen molar-refractivity contribution < 1.29 is 14.3 Å². The molecule has 34 heavy (non-hydrogen) atoms. The number of piperidine rings is 1. The van der Waals surface area contributed by atoms with Gasteiger partial charge in [0.1, 0.15) is 23.7 Å². The van der Waals surface area contributed by atoms with Crippen molar-refractivity contribution >= 4 is 40.2 Å². The van der Waals surface area contributed by atoms with Crippen LogP contribution in [-0.2, 0) is 17.8 Å². The maximum absolute atomic E-state index is 13.2. The van der Waals surface area contributed by atoms with Crippen molar-refractivity contribution in [1.29, 1.82) is 0 Å². The van der Waals surface area contributed by atoms with Gasteiger partial charge in [-0.2, -0.15) is 0 Å². The number of aromatic nitrogens is 4. The summed E-state index contributed by atoms with van der Waals surface area (Å²) in [5.41, 5.74) is 2.26. The van der Waals surface area contributed by atoms with Crippen LogP contribution in [0.25, 0.3) is 11.2 Å². The number of aryl methyl sites for hydroxylation is 2. The third kappa shape index (κ3) is 4.24. The van der Waals surface area contributed by atoms with Crippen LogP contribution in [-0.4, -0.2) is 52.7 Å². The molecule has 0 aliphatic carbocycles. The molecule has 2 aliphatic heterocycles. The molecule has 0 unspecified atom stereocenters. The van der Waals surface area contributed by atoms with E-state index in [1.54, 1.807) is 25.6 Å². The van der Waals surface area contributed by atoms with E-state index in [1.807, 2.05) is 0 Å². The van der Waals surface area contributed by atoms with Crippen LogP contribution in [0.2, 0.25) is 5.02 Å². The van der Waals surface area contributed by atoms with Gasteiger partial charge in [-0.1, -0.05) is 18.0 Å². The van der Waals surface area contributed by atoms with E-state index in [9.17, 15) is 4.79 Å². The standard InChI is InChI=1S/C24H29ClN6O3/c1-33-18-12-19(34-2)17(11-16(18)25)28-24(32)15-7-6-9-30(13-15)22-21-23(27-14-26-22)31-10-5-3-4-8-20(31)29-21/h11-12,14-15H,3-10,13H2,1-2H3,(H,28,32)/t15-/m0/s1. The molecule has 2 aliphatic rings. The van der Waals surface area contributed by atoms with E-state index in [0.29, 0.717) is 28.8 Å². The molecule has 1 atom stereocenters. The molecule has 1 fully saturated rings. The lowest BCUT2D eigenvalue weighted by molar-refractivity contribution is -0.120. The van der Waals surface area contributed by atoms with E-state index in [1.165, 1.54) is 13.5 Å². The van der Waals surface area contributed by atoms with Crippen molar-refractivity contribution in [2.45, 2.75) is 45.1 Å². The fraction of sp³-hybridized carbons (Fsp3) is 0.500. The molecule has 1 amide bonds. The van der Waals surface area contributed by atoms with Gasteiger partial charge in [0, 0.05) is 32.1 Å². The van der Waals surface area contributed by atoms with Crippen LogP contribution < -0.4 is 19.7 Å². The highest BCUT2D eigenvalue weighted by Crippen LogP contribution is 2.36. The molecular weight excluding hydrogens is 456 g/mol. The number of hydrogen-bond donors (Lipinski definition) is 1. The Bertz CT molecular complexity index is 1210. The molecule has 1 saturated heterocycles. The largest absolute Gasteiger partial charge is 0.495 e. The number of halogens is 1. The van der Waals surface area contributed by atoms with E-state index in [2.05, 4.69) is 24.8 Å². The minimum atomic E-state index is -0.204. The predicted molar refractivity (Wildman–Crippen MR) is 131 cm³/mol. The second-order valence-corrected chi connectivity index (χ2v) is 9.23. The molecule has 2 aromatic heterocycles. The third-order valence-corrected chi connectivity index (χ3v) is 6.99. The third-order valence-electron chi connectivity index (χ3n) is 6.70. The summed E-state index contributed by atoms with van der Waals surface area (Å²) in [6.45, 7) is 2.34. The number of rotatable bonds is 5. The SMILES string of the molecule is COc1cc(OC)c(NC(=O)[C@H]2CCCN(c3ncnc4c3nc3n4CCCCC3)C2)cc1Cl. The van der Waals surface area contributed by atoms with Gasteiger partial charge in [-0.05, 0) is 31.7 Å². The first-order valence-corrected chi connectivity index (χ1v) is 12.1. The molecule has 3 aromatic rings. The predicted octanol–water partition coefficient (Wildman–Crippen LogP) is 4.08. The molecule has 0 bridgehead atoms. The van der Waals surface area contributed by atoms with Crippen molar-refractivity contribution in [3.8, 4) is 11.5 Å². The number of benzene rings is 1. The van der Waals surface area contributed by atoms with Crippen LogP contribution in [0, 0.1) is 5.92 Å². The Kier molecular flexibility index (Phi) is 6.45. The van der Waals surface area contributed by atoms with Gasteiger partial charge < -0.3 is 24.3 Å². The molecule has 1 aromatic carbocycles. The number of carbonyl (C=O) groups excluding carboxylic acids is 1. The van der Waals surface area contributed by atoms with Crippen molar-refractivity contribution in [2.24, 2.45) is 5.92 Å². The Labute approximate surface area is 203 Å². The van der Waals surface area contributed by atoms with Crippen molar-refractivity contribution in [3.05, 3.63) is 29.3 Å². The van der Waals surface area contributed by atoms with Gasteiger partial charge in [0.25, 0.3) is 0 Å². The van der Waals surface area contributed by atoms with Crippen molar-refractivity contribution in [3.63, 3.8) is 0 Å². The number of carbonyl (C=O) groups is 1. The number of fused-ring (bicyclic) bond motifs is 3. The molecule has 180 valence electrons. The maximum atomic E-state index is 13.2. The summed E-state index contributed by atoms with van der Waals surface area (Å²) >= 11 is 6.28. The van der Waals surface area contributed by atoms with Gasteiger partial charge in [-0.25, -0.2) is 15.0 Å². The number of nitrogens with zero attached hydrogens (tertiary/aromatic N) is 5. The molecular formula is C24H29ClN6O3. The number of anilines is 2. The fourth-order valence-corrected chi connectivity index (χ4v) is 5.17. The van der Waals surface area contributed by atoms with Crippen LogP contribution in [0.4, 0.5) is 11.5 Å². The monoisotopic (exact) mass is 484 g/mol. The Morgan fingerprint density at radius 1 is 1.09 bits per heavy atom. The van der Waals surface area contributed by atoms with Crippen LogP contribution >= 0.6 is 11.6 Å². The quantitative estimate of drug-likeness (QED) is 0.583. The molecule has 5 rings (SSSR count). The van der Waals surface area contributed by atoms with E-state index in [-0.39, 0.29) is 11.8 Å². The zero-order chi connectivity index (χ0) is 23.7. The number of hydrogen-bond acceptors (Lipinski definition) is 7. The average molecular weight is 485 g/mol. The van der Waals surface area contributed by atoms with Crippen LogP contribution in [0.15, 0.2) is 18.5 Å². The second-order valence-electron chi connectivity index (χ2n) is 8.82. The summed E-state index contributed by atoms with van der Waals surface area (Å²) in [5.74, 6) is 2.61. The van der Waals surface area contributed by atoms with Crippen molar-refractivity contribution in [1.82, 2.24) is 19.5 Å². The summed E-state index contributed by atoms with van der Waals surface area (Å²) in [6, 6.07) is 3.33. The molecule has 0 spiro atoms. The first-order chi connectivity index (χ1) is 16.6. The summed E-state index contributed by atoms with van der Waals surface area (Å²) in [4.78, 5) is 29.5. The number of amides is 1. The zero-order valence-electron chi connectivity index (χ0n) is 19.5. The number of methoxy groups -OCH3 is 2. The Balaban J connectivity index is 1.37. The Morgan fingerprint density at radius 3 is 2.76 bits per heavy atom. The number of ether oxygens (including phenoxy) is 2. The molecule has 0 radical (unpaired) electrons. The second kappa shape index (κ2) is 9.66. The molecule has 9 nitrogen and oxygen atoms in total. The number of nitrogens with one attached hydrogen (secondary N) is 1. The van der Waals surface area contributed by atoms with Crippen LogP contribution in [0.1, 0.15) is 37.9 Å². The summed E-state index contributed by atoms with van der Waals surface area (Å²) in [6.07, 6.45) is 7.77. The molecule has 0 saturated carbocycles. The van der Waals surface area contributed by atoms with Gasteiger partial charge in [0.2, 0.25) is 5.91 Å². The van der Waals surface area contributed by atoms with Gasteiger partial charge >= 0.3 is 0 Å². The summed E-state index contributed by atoms with van der Waals surface area (Å²) in [7, 11) is 3.09. The topological polar surface area (TPSA) is 94.4 Å². The number of imidazole rings is 1. The summed E-state index contributed by atoms with van der Waals surface area (Å²) < 4.78 is 12.9. The van der Waals surface area contributed by atoms with E-state index >= 15 is 0 Å². The van der Waals surface area contributed by atoms with E-state index < -0.39 is 0 Å².